The van der Waals surface area contributed by atoms with E-state index in [9.17, 15) is 0 Å². The van der Waals surface area contributed by atoms with Crippen molar-refractivity contribution in [1.29, 1.82) is 0 Å². The Morgan fingerprint density at radius 3 is 2.59 bits per heavy atom. The number of nitrogens with one attached hydrogen (secondary N) is 1. The van der Waals surface area contributed by atoms with Crippen LogP contribution in [0.1, 0.15) is 40.6 Å². The molecule has 4 aromatic carbocycles. The number of hydrogen-bond donors (Lipinski definition) is 1. The summed E-state index contributed by atoms with van der Waals surface area (Å²) in [5.41, 5.74) is 6.95. The number of benzene rings is 4. The van der Waals surface area contributed by atoms with Gasteiger partial charge in [0.1, 0.15) is 12.4 Å². The van der Waals surface area contributed by atoms with Crippen LogP contribution in [-0.4, -0.2) is 6.21 Å². The molecule has 0 bridgehead atoms. The molecule has 0 saturated heterocycles. The molecular weight excluding hydrogens is 544 g/mol. The van der Waals surface area contributed by atoms with Gasteiger partial charge in [-0.3, -0.25) is 4.99 Å². The Hall–Kier alpha value is -3.34. The fourth-order valence-corrected chi connectivity index (χ4v) is 5.88. The Morgan fingerprint density at radius 2 is 1.78 bits per heavy atom. The van der Waals surface area contributed by atoms with Crippen molar-refractivity contribution in [2.45, 2.75) is 25.0 Å². The standard InChI is InChI=1S/C32H26BrClN2O/c33-29-18-22(10-17-31(29)37-20-21-8-13-24(34)14-9-21)19-35-25-15-11-23(12-16-25)32-28-6-3-5-26(28)27-4-1-2-7-30(27)36-32/h1-5,7-19,26,28,32,36H,6,20H2/t26-,28-,32+/m1/s1. The van der Waals surface area contributed by atoms with Crippen LogP contribution in [0.2, 0.25) is 5.02 Å². The van der Waals surface area contributed by atoms with E-state index in [-0.39, 0.29) is 0 Å². The molecule has 0 radical (unpaired) electrons. The average molecular weight is 570 g/mol. The minimum absolute atomic E-state index is 0.296. The summed E-state index contributed by atoms with van der Waals surface area (Å²) >= 11 is 9.59. The topological polar surface area (TPSA) is 33.6 Å². The number of ether oxygens (including phenoxy) is 1. The number of hydrogen-bond acceptors (Lipinski definition) is 3. The molecule has 0 saturated carbocycles. The molecule has 5 heteroatoms. The number of rotatable bonds is 6. The summed E-state index contributed by atoms with van der Waals surface area (Å²) < 4.78 is 6.85. The van der Waals surface area contributed by atoms with E-state index in [0.29, 0.717) is 24.5 Å². The Balaban J connectivity index is 1.12. The Bertz CT molecular complexity index is 1460. The van der Waals surface area contributed by atoms with Crippen LogP contribution in [0, 0.1) is 5.92 Å². The van der Waals surface area contributed by atoms with Crippen molar-refractivity contribution in [3.8, 4) is 5.75 Å². The summed E-state index contributed by atoms with van der Waals surface area (Å²) in [6.07, 6.45) is 7.69. The second-order valence-electron chi connectivity index (χ2n) is 9.52. The number of halogens is 2. The van der Waals surface area contributed by atoms with E-state index >= 15 is 0 Å². The van der Waals surface area contributed by atoms with Gasteiger partial charge in [0.2, 0.25) is 0 Å². The smallest absolute Gasteiger partial charge is 0.134 e. The van der Waals surface area contributed by atoms with Crippen molar-refractivity contribution < 1.29 is 4.74 Å². The lowest BCUT2D eigenvalue weighted by Crippen LogP contribution is -2.28. The molecule has 0 unspecified atom stereocenters. The van der Waals surface area contributed by atoms with Crippen molar-refractivity contribution in [3.05, 3.63) is 135 Å². The van der Waals surface area contributed by atoms with E-state index in [1.165, 1.54) is 16.8 Å². The molecule has 0 aromatic heterocycles. The molecule has 2 aliphatic rings. The van der Waals surface area contributed by atoms with Crippen LogP contribution in [0.4, 0.5) is 11.4 Å². The fraction of sp³-hybridized carbons (Fsp3) is 0.156. The van der Waals surface area contributed by atoms with Crippen molar-refractivity contribution in [3.63, 3.8) is 0 Å². The molecule has 37 heavy (non-hydrogen) atoms. The zero-order valence-corrected chi connectivity index (χ0v) is 22.5. The first-order chi connectivity index (χ1) is 18.1. The lowest BCUT2D eigenvalue weighted by Gasteiger charge is -2.37. The Morgan fingerprint density at radius 1 is 0.973 bits per heavy atom. The first-order valence-corrected chi connectivity index (χ1v) is 13.6. The fourth-order valence-electron chi connectivity index (χ4n) is 5.25. The van der Waals surface area contributed by atoms with Gasteiger partial charge in [0.25, 0.3) is 0 Å². The molecule has 6 rings (SSSR count). The molecule has 1 aliphatic heterocycles. The Labute approximate surface area is 231 Å². The average Bonchev–Trinajstić information content (AvgIpc) is 3.43. The number of aliphatic imine (C=N–C) groups is 1. The van der Waals surface area contributed by atoms with Gasteiger partial charge in [-0.05, 0) is 99.1 Å². The number of nitrogens with zero attached hydrogens (tertiary/aromatic N) is 1. The van der Waals surface area contributed by atoms with E-state index in [4.69, 9.17) is 21.3 Å². The molecule has 0 amide bonds. The molecule has 3 atom stereocenters. The maximum absolute atomic E-state index is 5.96. The van der Waals surface area contributed by atoms with Crippen LogP contribution < -0.4 is 10.1 Å². The van der Waals surface area contributed by atoms with Crippen molar-refractivity contribution in [1.82, 2.24) is 0 Å². The zero-order valence-electron chi connectivity index (χ0n) is 20.1. The number of anilines is 1. The summed E-state index contributed by atoms with van der Waals surface area (Å²) in [4.78, 5) is 4.71. The number of allylic oxidation sites excluding steroid dienone is 2. The normalized spacial score (nSPS) is 19.9. The van der Waals surface area contributed by atoms with Gasteiger partial charge >= 0.3 is 0 Å². The van der Waals surface area contributed by atoms with E-state index in [2.05, 4.69) is 81.9 Å². The quantitative estimate of drug-likeness (QED) is 0.185. The molecule has 184 valence electrons. The maximum Gasteiger partial charge on any atom is 0.134 e. The van der Waals surface area contributed by atoms with Gasteiger partial charge < -0.3 is 10.1 Å². The third-order valence-corrected chi connectivity index (χ3v) is 8.02. The van der Waals surface area contributed by atoms with Crippen LogP contribution in [-0.2, 0) is 6.61 Å². The van der Waals surface area contributed by atoms with Crippen LogP contribution in [0.3, 0.4) is 0 Å². The SMILES string of the molecule is Clc1ccc(COc2ccc(C=Nc3ccc([C@@H]4Nc5ccccc5[C@H]5C=CC[C@H]54)cc3)cc2Br)cc1. The van der Waals surface area contributed by atoms with Gasteiger partial charge in [-0.1, -0.05) is 66.2 Å². The van der Waals surface area contributed by atoms with Crippen LogP contribution in [0.25, 0.3) is 0 Å². The summed E-state index contributed by atoms with van der Waals surface area (Å²) in [5, 5.41) is 4.52. The minimum atomic E-state index is 0.296. The summed E-state index contributed by atoms with van der Waals surface area (Å²) in [7, 11) is 0. The predicted octanol–water partition coefficient (Wildman–Crippen LogP) is 9.26. The summed E-state index contributed by atoms with van der Waals surface area (Å²) in [6, 6.07) is 31.3. The second-order valence-corrected chi connectivity index (χ2v) is 10.8. The zero-order chi connectivity index (χ0) is 25.2. The van der Waals surface area contributed by atoms with Crippen LogP contribution in [0.5, 0.6) is 5.75 Å². The second kappa shape index (κ2) is 10.6. The highest BCUT2D eigenvalue weighted by Gasteiger charge is 2.37. The van der Waals surface area contributed by atoms with E-state index < -0.39 is 0 Å². The number of fused-ring (bicyclic) bond motifs is 3. The van der Waals surface area contributed by atoms with Crippen molar-refractivity contribution in [2.75, 3.05) is 5.32 Å². The van der Waals surface area contributed by atoms with Gasteiger partial charge in [0.15, 0.2) is 0 Å². The third kappa shape index (κ3) is 5.22. The number of para-hydroxylation sites is 1. The molecule has 0 fully saturated rings. The predicted molar refractivity (Wildman–Crippen MR) is 156 cm³/mol. The first-order valence-electron chi connectivity index (χ1n) is 12.5. The summed E-state index contributed by atoms with van der Waals surface area (Å²) in [6.45, 7) is 0.481. The molecule has 1 N–H and O–H groups in total. The van der Waals surface area contributed by atoms with Gasteiger partial charge in [0, 0.05) is 22.8 Å². The third-order valence-electron chi connectivity index (χ3n) is 7.15. The lowest BCUT2D eigenvalue weighted by atomic mass is 9.77. The molecule has 4 aromatic rings. The summed E-state index contributed by atoms with van der Waals surface area (Å²) in [5.74, 6) is 1.82. The van der Waals surface area contributed by atoms with E-state index in [0.717, 1.165) is 38.5 Å². The molecular formula is C32H26BrClN2O. The van der Waals surface area contributed by atoms with E-state index in [1.54, 1.807) is 0 Å². The molecule has 1 heterocycles. The Kier molecular flexibility index (Phi) is 6.86. The molecule has 0 spiro atoms. The van der Waals surface area contributed by atoms with Crippen molar-refractivity contribution >= 4 is 45.1 Å². The van der Waals surface area contributed by atoms with E-state index in [1.807, 2.05) is 48.7 Å². The van der Waals surface area contributed by atoms with Crippen LogP contribution >= 0.6 is 27.5 Å². The van der Waals surface area contributed by atoms with Crippen molar-refractivity contribution in [2.24, 2.45) is 10.9 Å². The minimum Gasteiger partial charge on any atom is -0.488 e. The molecule has 3 nitrogen and oxygen atoms in total. The van der Waals surface area contributed by atoms with Gasteiger partial charge in [-0.25, -0.2) is 0 Å². The molecule has 1 aliphatic carbocycles. The highest BCUT2D eigenvalue weighted by Crippen LogP contribution is 2.49. The lowest BCUT2D eigenvalue weighted by molar-refractivity contribution is 0.304. The largest absolute Gasteiger partial charge is 0.488 e. The van der Waals surface area contributed by atoms with Crippen LogP contribution in [0.15, 0.2) is 113 Å². The first kappa shape index (κ1) is 24.0. The maximum atomic E-state index is 5.96. The van der Waals surface area contributed by atoms with Gasteiger partial charge in [-0.2, -0.15) is 0 Å². The highest BCUT2D eigenvalue weighted by molar-refractivity contribution is 9.10. The van der Waals surface area contributed by atoms with Gasteiger partial charge in [0.05, 0.1) is 16.2 Å². The highest BCUT2D eigenvalue weighted by atomic mass is 79.9. The monoisotopic (exact) mass is 568 g/mol. The van der Waals surface area contributed by atoms with Gasteiger partial charge in [-0.15, -0.1) is 0 Å².